The van der Waals surface area contributed by atoms with Gasteiger partial charge in [0.05, 0.1) is 34.8 Å². The summed E-state index contributed by atoms with van der Waals surface area (Å²) < 4.78 is 5.00. The normalized spacial score (nSPS) is 12.4. The van der Waals surface area contributed by atoms with Gasteiger partial charge in [-0.05, 0) is 32.0 Å². The highest BCUT2D eigenvalue weighted by molar-refractivity contribution is 6.12. The molecule has 0 aliphatic carbocycles. The molecule has 1 amide bonds. The Bertz CT molecular complexity index is 771. The van der Waals surface area contributed by atoms with Gasteiger partial charge in [-0.15, -0.1) is 0 Å². The molecule has 0 radical (unpaired) electrons. The van der Waals surface area contributed by atoms with Gasteiger partial charge in [-0.1, -0.05) is 12.1 Å². The number of aromatic nitrogens is 1. The largest absolute Gasteiger partial charge is 0.462 e. The fourth-order valence-electron chi connectivity index (χ4n) is 2.31. The zero-order chi connectivity index (χ0) is 15.7. The summed E-state index contributed by atoms with van der Waals surface area (Å²) in [5, 5.41) is 5.93. The predicted molar refractivity (Wildman–Crippen MR) is 82.6 cm³/mol. The molecule has 0 saturated heterocycles. The third-order valence-electron chi connectivity index (χ3n) is 3.38. The highest BCUT2D eigenvalue weighted by atomic mass is 16.5. The quantitative estimate of drug-likeness (QED) is 0.833. The van der Waals surface area contributed by atoms with E-state index in [-0.39, 0.29) is 12.5 Å². The van der Waals surface area contributed by atoms with Crippen LogP contribution < -0.4 is 10.6 Å². The van der Waals surface area contributed by atoms with Crippen molar-refractivity contribution in [2.24, 2.45) is 0 Å². The second-order valence-electron chi connectivity index (χ2n) is 4.86. The molecule has 1 aromatic heterocycles. The topological polar surface area (TPSA) is 80.3 Å². The average Bonchev–Trinajstić information content (AvgIpc) is 2.62. The number of carbonyl (C=O) groups excluding carboxylic acids is 2. The molecule has 2 heterocycles. The Kier molecular flexibility index (Phi) is 3.50. The van der Waals surface area contributed by atoms with E-state index in [0.29, 0.717) is 28.3 Å². The van der Waals surface area contributed by atoms with Crippen molar-refractivity contribution in [2.45, 2.75) is 13.8 Å². The van der Waals surface area contributed by atoms with Crippen LogP contribution in [0.15, 0.2) is 30.3 Å². The van der Waals surface area contributed by atoms with Crippen molar-refractivity contribution in [3.63, 3.8) is 0 Å². The molecule has 2 N–H and O–H groups in total. The minimum absolute atomic E-state index is 0.269. The van der Waals surface area contributed by atoms with Gasteiger partial charge in [0.25, 0.3) is 5.91 Å². The lowest BCUT2D eigenvalue weighted by Crippen LogP contribution is -2.15. The molecule has 0 unspecified atom stereocenters. The van der Waals surface area contributed by atoms with Crippen LogP contribution in [0.2, 0.25) is 0 Å². The van der Waals surface area contributed by atoms with Crippen LogP contribution in [0.4, 0.5) is 17.2 Å². The van der Waals surface area contributed by atoms with Crippen molar-refractivity contribution in [2.75, 3.05) is 17.2 Å². The zero-order valence-corrected chi connectivity index (χ0v) is 12.3. The number of nitrogens with one attached hydrogen (secondary N) is 2. The first-order valence-corrected chi connectivity index (χ1v) is 6.96. The van der Waals surface area contributed by atoms with Crippen molar-refractivity contribution in [1.29, 1.82) is 0 Å². The first-order valence-electron chi connectivity index (χ1n) is 6.96. The Morgan fingerprint density at radius 3 is 2.59 bits per heavy atom. The molecule has 22 heavy (non-hydrogen) atoms. The molecule has 6 heteroatoms. The monoisotopic (exact) mass is 297 g/mol. The van der Waals surface area contributed by atoms with Gasteiger partial charge in [-0.3, -0.25) is 4.79 Å². The number of nitrogens with zero attached hydrogens (tertiary/aromatic N) is 1. The number of amides is 1. The smallest absolute Gasteiger partial charge is 0.339 e. The maximum absolute atomic E-state index is 12.4. The van der Waals surface area contributed by atoms with Gasteiger partial charge >= 0.3 is 5.97 Å². The maximum atomic E-state index is 12.4. The molecule has 1 aromatic carbocycles. The van der Waals surface area contributed by atoms with Crippen LogP contribution in [0, 0.1) is 6.92 Å². The van der Waals surface area contributed by atoms with Crippen molar-refractivity contribution >= 4 is 29.1 Å². The molecule has 0 saturated carbocycles. The number of hydrogen-bond acceptors (Lipinski definition) is 5. The van der Waals surface area contributed by atoms with Gasteiger partial charge in [0.2, 0.25) is 0 Å². The number of ether oxygens (including phenoxy) is 1. The predicted octanol–water partition coefficient (Wildman–Crippen LogP) is 2.88. The summed E-state index contributed by atoms with van der Waals surface area (Å²) in [5.41, 5.74) is 2.54. The van der Waals surface area contributed by atoms with E-state index in [1.165, 1.54) is 6.07 Å². The lowest BCUT2D eigenvalue weighted by molar-refractivity contribution is 0.0525. The number of anilines is 3. The number of benzene rings is 1. The van der Waals surface area contributed by atoms with E-state index >= 15 is 0 Å². The van der Waals surface area contributed by atoms with E-state index in [1.807, 2.05) is 18.2 Å². The van der Waals surface area contributed by atoms with Gasteiger partial charge < -0.3 is 15.4 Å². The van der Waals surface area contributed by atoms with Crippen molar-refractivity contribution in [3.8, 4) is 0 Å². The highest BCUT2D eigenvalue weighted by Gasteiger charge is 2.23. The number of rotatable bonds is 2. The average molecular weight is 297 g/mol. The molecule has 2 aromatic rings. The third kappa shape index (κ3) is 2.39. The number of carbonyl (C=O) groups is 2. The molecule has 1 aliphatic heterocycles. The molecule has 3 rings (SSSR count). The van der Waals surface area contributed by atoms with Gasteiger partial charge in [0, 0.05) is 0 Å². The molecule has 0 fully saturated rings. The number of para-hydroxylation sites is 2. The van der Waals surface area contributed by atoms with Gasteiger partial charge in [-0.2, -0.15) is 0 Å². The van der Waals surface area contributed by atoms with Crippen molar-refractivity contribution in [1.82, 2.24) is 4.98 Å². The summed E-state index contributed by atoms with van der Waals surface area (Å²) >= 11 is 0. The number of hydrogen-bond donors (Lipinski definition) is 2. The highest BCUT2D eigenvalue weighted by Crippen LogP contribution is 2.31. The van der Waals surface area contributed by atoms with Crippen molar-refractivity contribution in [3.05, 3.63) is 47.2 Å². The first-order chi connectivity index (χ1) is 10.6. The Morgan fingerprint density at radius 1 is 1.23 bits per heavy atom. The lowest BCUT2D eigenvalue weighted by Gasteiger charge is -2.10. The van der Waals surface area contributed by atoms with Crippen molar-refractivity contribution < 1.29 is 14.3 Å². The van der Waals surface area contributed by atoms with E-state index in [9.17, 15) is 9.59 Å². The van der Waals surface area contributed by atoms with E-state index in [4.69, 9.17) is 4.74 Å². The van der Waals surface area contributed by atoms with E-state index in [2.05, 4.69) is 15.6 Å². The molecule has 1 aliphatic rings. The summed E-state index contributed by atoms with van der Waals surface area (Å²) in [4.78, 5) is 28.7. The standard InChI is InChI=1S/C16H15N3O3/c1-3-22-16(21)10-8-11-14(17-9(10)2)18-12-6-4-5-7-13(12)19-15(11)20/h4-8H,3H2,1-2H3,(H,17,18)(H,19,20). The summed E-state index contributed by atoms with van der Waals surface area (Å²) in [6.07, 6.45) is 0. The molecule has 112 valence electrons. The Morgan fingerprint density at radius 2 is 1.91 bits per heavy atom. The van der Waals surface area contributed by atoms with Crippen LogP contribution in [-0.4, -0.2) is 23.5 Å². The lowest BCUT2D eigenvalue weighted by atomic mass is 10.1. The van der Waals surface area contributed by atoms with Crippen LogP contribution in [0.1, 0.15) is 33.3 Å². The molecule has 0 atom stereocenters. The maximum Gasteiger partial charge on any atom is 0.339 e. The Hall–Kier alpha value is -2.89. The Labute approximate surface area is 127 Å². The fraction of sp³-hybridized carbons (Fsp3) is 0.188. The van der Waals surface area contributed by atoms with E-state index in [0.717, 1.165) is 5.69 Å². The van der Waals surface area contributed by atoms with E-state index < -0.39 is 5.97 Å². The molecule has 6 nitrogen and oxygen atoms in total. The van der Waals surface area contributed by atoms with Gasteiger partial charge in [0.1, 0.15) is 5.82 Å². The third-order valence-corrected chi connectivity index (χ3v) is 3.38. The SMILES string of the molecule is CCOC(=O)c1cc2c(nc1C)Nc1ccccc1NC2=O. The molecular formula is C16H15N3O3. The molecule has 0 spiro atoms. The number of esters is 1. The van der Waals surface area contributed by atoms with Gasteiger partial charge in [0.15, 0.2) is 0 Å². The van der Waals surface area contributed by atoms with Gasteiger partial charge in [-0.25, -0.2) is 9.78 Å². The van der Waals surface area contributed by atoms with Crippen LogP contribution in [0.5, 0.6) is 0 Å². The summed E-state index contributed by atoms with van der Waals surface area (Å²) in [6.45, 7) is 3.71. The molecule has 0 bridgehead atoms. The van der Waals surface area contributed by atoms with Crippen LogP contribution in [0.25, 0.3) is 0 Å². The first kappa shape index (κ1) is 14.1. The number of pyridine rings is 1. The summed E-state index contributed by atoms with van der Waals surface area (Å²) in [6, 6.07) is 8.86. The summed E-state index contributed by atoms with van der Waals surface area (Å²) in [7, 11) is 0. The number of aryl methyl sites for hydroxylation is 1. The minimum Gasteiger partial charge on any atom is -0.462 e. The van der Waals surface area contributed by atoms with Crippen LogP contribution in [-0.2, 0) is 4.74 Å². The molecular weight excluding hydrogens is 282 g/mol. The fourth-order valence-corrected chi connectivity index (χ4v) is 2.31. The second kappa shape index (κ2) is 5.48. The van der Waals surface area contributed by atoms with E-state index in [1.54, 1.807) is 19.9 Å². The zero-order valence-electron chi connectivity index (χ0n) is 12.3. The Balaban J connectivity index is 2.09. The number of fused-ring (bicyclic) bond motifs is 2. The van der Waals surface area contributed by atoms with Crippen LogP contribution in [0.3, 0.4) is 0 Å². The second-order valence-corrected chi connectivity index (χ2v) is 4.86. The minimum atomic E-state index is -0.482. The van der Waals surface area contributed by atoms with Crippen LogP contribution >= 0.6 is 0 Å². The summed E-state index contributed by atoms with van der Waals surface area (Å²) in [5.74, 6) is -0.372.